The number of rotatable bonds is 9. The molecule has 0 saturated carbocycles. The lowest BCUT2D eigenvalue weighted by molar-refractivity contribution is 0.300. The summed E-state index contributed by atoms with van der Waals surface area (Å²) in [7, 11) is 0. The molecule has 19 heavy (non-hydrogen) atoms. The van der Waals surface area contributed by atoms with Gasteiger partial charge in [-0.2, -0.15) is 0 Å². The Balaban J connectivity index is 2.57. The quantitative estimate of drug-likeness (QED) is 0.547. The van der Waals surface area contributed by atoms with Gasteiger partial charge >= 0.3 is 0 Å². The minimum Gasteiger partial charge on any atom is -0.311 e. The van der Waals surface area contributed by atoms with E-state index in [2.05, 4.69) is 55.8 Å². The highest BCUT2D eigenvalue weighted by molar-refractivity contribution is 5.11. The van der Waals surface area contributed by atoms with E-state index in [4.69, 9.17) is 4.98 Å². The molecule has 106 valence electrons. The highest BCUT2D eigenvalue weighted by Gasteiger charge is 2.05. The van der Waals surface area contributed by atoms with Crippen LogP contribution >= 0.6 is 0 Å². The van der Waals surface area contributed by atoms with E-state index in [-0.39, 0.29) is 0 Å². The lowest BCUT2D eigenvalue weighted by atomic mass is 10.2. The predicted octanol–water partition coefficient (Wildman–Crippen LogP) is 2.98. The Kier molecular flexibility index (Phi) is 7.38. The van der Waals surface area contributed by atoms with Gasteiger partial charge in [0.15, 0.2) is 0 Å². The highest BCUT2D eigenvalue weighted by Crippen LogP contribution is 2.05. The van der Waals surface area contributed by atoms with E-state index in [0.29, 0.717) is 0 Å². The largest absolute Gasteiger partial charge is 0.311 e. The van der Waals surface area contributed by atoms with Gasteiger partial charge in [0, 0.05) is 19.6 Å². The lowest BCUT2D eigenvalue weighted by Crippen LogP contribution is -2.25. The van der Waals surface area contributed by atoms with Crippen molar-refractivity contribution in [2.24, 2.45) is 0 Å². The van der Waals surface area contributed by atoms with Gasteiger partial charge in [-0.1, -0.05) is 32.1 Å². The normalized spacial score (nSPS) is 10.9. The number of likely N-dealkylation sites (N-methyl/N-ethyl adjacent to an activating group) is 1. The molecule has 0 atom stereocenters. The molecule has 1 aromatic rings. The number of pyridine rings is 1. The van der Waals surface area contributed by atoms with Crippen molar-refractivity contribution in [2.75, 3.05) is 19.6 Å². The molecule has 1 rings (SSSR count). The third-order valence-electron chi connectivity index (χ3n) is 2.92. The van der Waals surface area contributed by atoms with Gasteiger partial charge in [-0.25, -0.2) is 0 Å². The second kappa shape index (κ2) is 8.83. The van der Waals surface area contributed by atoms with Gasteiger partial charge in [-0.3, -0.25) is 9.88 Å². The first-order valence-electron chi connectivity index (χ1n) is 7.18. The zero-order valence-electron chi connectivity index (χ0n) is 12.6. The number of nitrogens with one attached hydrogen (secondary N) is 1. The van der Waals surface area contributed by atoms with Gasteiger partial charge in [0.2, 0.25) is 0 Å². The molecule has 0 amide bonds. The third-order valence-corrected chi connectivity index (χ3v) is 2.92. The van der Waals surface area contributed by atoms with Crippen molar-refractivity contribution in [1.82, 2.24) is 15.2 Å². The number of nitrogens with zero attached hydrogens (tertiary/aromatic N) is 2. The van der Waals surface area contributed by atoms with Crippen molar-refractivity contribution in [1.29, 1.82) is 0 Å². The minimum atomic E-state index is 0.855. The van der Waals surface area contributed by atoms with Crippen molar-refractivity contribution in [3.05, 3.63) is 41.7 Å². The van der Waals surface area contributed by atoms with E-state index in [1.54, 1.807) is 0 Å². The molecule has 0 radical (unpaired) electrons. The number of hydrogen-bond acceptors (Lipinski definition) is 3. The fraction of sp³-hybridized carbons (Fsp3) is 0.562. The van der Waals surface area contributed by atoms with E-state index in [9.17, 15) is 0 Å². The first kappa shape index (κ1) is 15.9. The molecule has 0 aromatic carbocycles. The summed E-state index contributed by atoms with van der Waals surface area (Å²) in [6, 6.07) is 6.28. The highest BCUT2D eigenvalue weighted by atomic mass is 15.1. The molecular weight excluding hydrogens is 234 g/mol. The molecule has 0 saturated heterocycles. The molecule has 0 bridgehead atoms. The van der Waals surface area contributed by atoms with Gasteiger partial charge in [0.25, 0.3) is 0 Å². The average Bonchev–Trinajstić information content (AvgIpc) is 2.38. The third kappa shape index (κ3) is 6.50. The Labute approximate surface area is 117 Å². The van der Waals surface area contributed by atoms with Gasteiger partial charge in [0.05, 0.1) is 11.4 Å². The summed E-state index contributed by atoms with van der Waals surface area (Å²) in [6.45, 7) is 15.2. The second-order valence-corrected chi connectivity index (χ2v) is 5.06. The van der Waals surface area contributed by atoms with Gasteiger partial charge in [0.1, 0.15) is 0 Å². The molecule has 0 aliphatic rings. The SMILES string of the molecule is C=C(C)CN(CC)Cc1cccc(CNCCC)n1. The summed E-state index contributed by atoms with van der Waals surface area (Å²) in [5.41, 5.74) is 3.46. The van der Waals surface area contributed by atoms with Gasteiger partial charge < -0.3 is 5.32 Å². The summed E-state index contributed by atoms with van der Waals surface area (Å²) in [5, 5.41) is 3.39. The Bertz CT molecular complexity index is 387. The zero-order valence-corrected chi connectivity index (χ0v) is 12.6. The summed E-state index contributed by atoms with van der Waals surface area (Å²) in [4.78, 5) is 7.06. The van der Waals surface area contributed by atoms with Crippen molar-refractivity contribution >= 4 is 0 Å². The van der Waals surface area contributed by atoms with E-state index < -0.39 is 0 Å². The summed E-state index contributed by atoms with van der Waals surface area (Å²) in [6.07, 6.45) is 1.15. The van der Waals surface area contributed by atoms with Crippen LogP contribution in [0.4, 0.5) is 0 Å². The Morgan fingerprint density at radius 3 is 2.68 bits per heavy atom. The van der Waals surface area contributed by atoms with E-state index >= 15 is 0 Å². The van der Waals surface area contributed by atoms with Gasteiger partial charge in [-0.05, 0) is 38.6 Å². The van der Waals surface area contributed by atoms with Crippen LogP contribution in [0.2, 0.25) is 0 Å². The molecular formula is C16H27N3. The van der Waals surface area contributed by atoms with Crippen LogP contribution in [-0.2, 0) is 13.1 Å². The summed E-state index contributed by atoms with van der Waals surface area (Å²) < 4.78 is 0. The van der Waals surface area contributed by atoms with Crippen LogP contribution in [0, 0.1) is 0 Å². The monoisotopic (exact) mass is 261 g/mol. The Morgan fingerprint density at radius 2 is 2.05 bits per heavy atom. The van der Waals surface area contributed by atoms with Crippen molar-refractivity contribution < 1.29 is 0 Å². The van der Waals surface area contributed by atoms with Crippen LogP contribution in [0.5, 0.6) is 0 Å². The van der Waals surface area contributed by atoms with Crippen LogP contribution in [0.3, 0.4) is 0 Å². The molecule has 0 unspecified atom stereocenters. The van der Waals surface area contributed by atoms with Crippen LogP contribution in [0.25, 0.3) is 0 Å². The first-order chi connectivity index (χ1) is 9.15. The van der Waals surface area contributed by atoms with E-state index in [1.165, 1.54) is 5.57 Å². The molecule has 0 aliphatic heterocycles. The van der Waals surface area contributed by atoms with Crippen LogP contribution in [0.15, 0.2) is 30.4 Å². The predicted molar refractivity (Wildman–Crippen MR) is 82.0 cm³/mol. The van der Waals surface area contributed by atoms with Crippen LogP contribution in [0.1, 0.15) is 38.6 Å². The molecule has 0 aliphatic carbocycles. The number of hydrogen-bond donors (Lipinski definition) is 1. The standard InChI is InChI=1S/C16H27N3/c1-5-10-17-11-15-8-7-9-16(18-15)13-19(6-2)12-14(3)4/h7-9,17H,3,5-6,10-13H2,1-2,4H3. The summed E-state index contributed by atoms with van der Waals surface area (Å²) in [5.74, 6) is 0. The van der Waals surface area contributed by atoms with Crippen LogP contribution in [-0.4, -0.2) is 29.5 Å². The maximum Gasteiger partial charge on any atom is 0.0547 e. The maximum atomic E-state index is 4.71. The molecule has 1 N–H and O–H groups in total. The topological polar surface area (TPSA) is 28.2 Å². The zero-order chi connectivity index (χ0) is 14.1. The molecule has 1 aromatic heterocycles. The molecule has 3 nitrogen and oxygen atoms in total. The smallest absolute Gasteiger partial charge is 0.0547 e. The molecule has 0 fully saturated rings. The first-order valence-corrected chi connectivity index (χ1v) is 7.18. The van der Waals surface area contributed by atoms with E-state index in [0.717, 1.165) is 50.5 Å². The summed E-state index contributed by atoms with van der Waals surface area (Å²) >= 11 is 0. The molecule has 1 heterocycles. The Morgan fingerprint density at radius 1 is 1.32 bits per heavy atom. The molecule has 3 heteroatoms. The average molecular weight is 261 g/mol. The van der Waals surface area contributed by atoms with Crippen LogP contribution < -0.4 is 5.32 Å². The maximum absolute atomic E-state index is 4.71. The second-order valence-electron chi connectivity index (χ2n) is 5.06. The molecule has 0 spiro atoms. The number of aromatic nitrogens is 1. The fourth-order valence-corrected chi connectivity index (χ4v) is 2.00. The fourth-order valence-electron chi connectivity index (χ4n) is 2.00. The van der Waals surface area contributed by atoms with Crippen molar-refractivity contribution in [2.45, 2.75) is 40.3 Å². The van der Waals surface area contributed by atoms with E-state index in [1.807, 2.05) is 0 Å². The van der Waals surface area contributed by atoms with Gasteiger partial charge in [-0.15, -0.1) is 0 Å². The van der Waals surface area contributed by atoms with Crippen molar-refractivity contribution in [3.8, 4) is 0 Å². The van der Waals surface area contributed by atoms with Crippen molar-refractivity contribution in [3.63, 3.8) is 0 Å². The minimum absolute atomic E-state index is 0.855. The lowest BCUT2D eigenvalue weighted by Gasteiger charge is -2.20. The Hall–Kier alpha value is -1.19.